The molecule has 4 rings (SSSR count). The highest BCUT2D eigenvalue weighted by atomic mass is 35.5. The molecular weight excluding hydrogens is 358 g/mol. The molecule has 1 aliphatic rings. The Balaban J connectivity index is 0.00000210. The average molecular weight is 380 g/mol. The van der Waals surface area contributed by atoms with E-state index in [1.54, 1.807) is 0 Å². The van der Waals surface area contributed by atoms with Crippen molar-refractivity contribution in [2.45, 2.75) is 25.4 Å². The van der Waals surface area contributed by atoms with Crippen molar-refractivity contribution < 1.29 is 4.74 Å². The van der Waals surface area contributed by atoms with Gasteiger partial charge in [0, 0.05) is 17.7 Å². The van der Waals surface area contributed by atoms with Gasteiger partial charge in [0.05, 0.1) is 11.6 Å². The van der Waals surface area contributed by atoms with Crippen molar-refractivity contribution in [3.8, 4) is 11.9 Å². The molecule has 1 aliphatic heterocycles. The molecule has 0 saturated carbocycles. The first-order valence-corrected chi connectivity index (χ1v) is 9.06. The number of nitrogens with zero attached hydrogens (tertiary/aromatic N) is 2. The van der Waals surface area contributed by atoms with Crippen molar-refractivity contribution >= 4 is 23.2 Å². The number of hydrogen-bond acceptors (Lipinski definition) is 4. The predicted molar refractivity (Wildman–Crippen MR) is 109 cm³/mol. The molecule has 1 fully saturated rings. The van der Waals surface area contributed by atoms with Crippen LogP contribution >= 0.6 is 12.4 Å². The van der Waals surface area contributed by atoms with E-state index in [-0.39, 0.29) is 12.4 Å². The molecule has 1 aromatic heterocycles. The number of hydrogen-bond donors (Lipinski definition) is 1. The zero-order chi connectivity index (χ0) is 17.8. The maximum Gasteiger partial charge on any atom is 0.213 e. The van der Waals surface area contributed by atoms with Gasteiger partial charge in [-0.15, -0.1) is 12.4 Å². The molecule has 0 radical (unpaired) electrons. The summed E-state index contributed by atoms with van der Waals surface area (Å²) < 4.78 is 6.00. The highest BCUT2D eigenvalue weighted by Gasteiger charge is 2.17. The normalized spacial score (nSPS) is 14.3. The van der Waals surface area contributed by atoms with Crippen molar-refractivity contribution in [1.29, 1.82) is 5.26 Å². The molecule has 5 heteroatoms. The minimum atomic E-state index is 0. The van der Waals surface area contributed by atoms with Crippen molar-refractivity contribution in [2.75, 3.05) is 13.1 Å². The maximum absolute atomic E-state index is 9.29. The Kier molecular flexibility index (Phi) is 6.28. The second-order valence-electron chi connectivity index (χ2n) is 6.64. The number of rotatable bonds is 4. The molecule has 0 amide bonds. The van der Waals surface area contributed by atoms with E-state index in [1.807, 2.05) is 48.5 Å². The van der Waals surface area contributed by atoms with E-state index in [1.165, 1.54) is 0 Å². The quantitative estimate of drug-likeness (QED) is 0.721. The lowest BCUT2D eigenvalue weighted by Gasteiger charge is -2.22. The lowest BCUT2D eigenvalue weighted by Crippen LogP contribution is -2.27. The van der Waals surface area contributed by atoms with Crippen LogP contribution in [0.15, 0.2) is 54.6 Å². The molecule has 0 bridgehead atoms. The molecule has 4 nitrogen and oxygen atoms in total. The van der Waals surface area contributed by atoms with Crippen molar-refractivity contribution in [3.05, 3.63) is 71.4 Å². The van der Waals surface area contributed by atoms with Crippen LogP contribution in [0.1, 0.15) is 35.6 Å². The Labute approximate surface area is 165 Å². The van der Waals surface area contributed by atoms with Gasteiger partial charge >= 0.3 is 0 Å². The first-order chi connectivity index (χ1) is 12.8. The fraction of sp³-hybridized carbons (Fsp3) is 0.273. The summed E-state index contributed by atoms with van der Waals surface area (Å²) in [4.78, 5) is 4.72. The molecule has 0 atom stereocenters. The van der Waals surface area contributed by atoms with E-state index in [0.29, 0.717) is 24.0 Å². The van der Waals surface area contributed by atoms with E-state index in [0.717, 1.165) is 48.0 Å². The van der Waals surface area contributed by atoms with Crippen molar-refractivity contribution in [2.24, 2.45) is 0 Å². The summed E-state index contributed by atoms with van der Waals surface area (Å²) in [6.07, 6.45) is 2.24. The van der Waals surface area contributed by atoms with E-state index < -0.39 is 0 Å². The molecule has 0 spiro atoms. The van der Waals surface area contributed by atoms with Crippen LogP contribution in [0.4, 0.5) is 0 Å². The molecule has 2 aromatic carbocycles. The van der Waals surface area contributed by atoms with Crippen LogP contribution in [-0.4, -0.2) is 18.1 Å². The molecule has 0 aliphatic carbocycles. The van der Waals surface area contributed by atoms with Crippen LogP contribution in [0, 0.1) is 11.3 Å². The third-order valence-corrected chi connectivity index (χ3v) is 5.01. The maximum atomic E-state index is 9.29. The molecule has 1 N–H and O–H groups in total. The predicted octanol–water partition coefficient (Wildman–Crippen LogP) is 4.57. The van der Waals surface area contributed by atoms with E-state index in [9.17, 15) is 5.26 Å². The molecule has 3 aromatic rings. The van der Waals surface area contributed by atoms with Gasteiger partial charge in [-0.1, -0.05) is 36.4 Å². The molecule has 27 heavy (non-hydrogen) atoms. The third-order valence-electron chi connectivity index (χ3n) is 5.01. The van der Waals surface area contributed by atoms with Gasteiger partial charge < -0.3 is 10.1 Å². The van der Waals surface area contributed by atoms with Gasteiger partial charge in [-0.2, -0.15) is 5.26 Å². The van der Waals surface area contributed by atoms with Gasteiger partial charge in [-0.3, -0.25) is 0 Å². The monoisotopic (exact) mass is 379 g/mol. The highest BCUT2D eigenvalue weighted by Crippen LogP contribution is 2.26. The number of pyridine rings is 1. The Bertz CT molecular complexity index is 961. The number of ether oxygens (including phenoxy) is 1. The first-order valence-electron chi connectivity index (χ1n) is 9.06. The standard InChI is InChI=1S/C22H21N3O.ClH/c23-14-17-8-9-18(20-5-2-1-4-19(17)20)15-26-22-7-3-6-21(25-22)16-10-12-24-13-11-16;/h1-9,16,24H,10-13,15H2;1H. The minimum absolute atomic E-state index is 0. The van der Waals surface area contributed by atoms with E-state index >= 15 is 0 Å². The SMILES string of the molecule is Cl.N#Cc1ccc(COc2cccc(C3CCNCC3)n2)c2ccccc12. The second kappa shape index (κ2) is 8.85. The minimum Gasteiger partial charge on any atom is -0.473 e. The Hall–Kier alpha value is -2.61. The van der Waals surface area contributed by atoms with Crippen LogP contribution in [0.5, 0.6) is 5.88 Å². The summed E-state index contributed by atoms with van der Waals surface area (Å²) in [6, 6.07) is 20.1. The van der Waals surface area contributed by atoms with Crippen LogP contribution in [0.3, 0.4) is 0 Å². The summed E-state index contributed by atoms with van der Waals surface area (Å²) >= 11 is 0. The summed E-state index contributed by atoms with van der Waals surface area (Å²) in [7, 11) is 0. The topological polar surface area (TPSA) is 57.9 Å². The van der Waals surface area contributed by atoms with Gasteiger partial charge in [0.1, 0.15) is 6.61 Å². The summed E-state index contributed by atoms with van der Waals surface area (Å²) in [6.45, 7) is 2.54. The Morgan fingerprint density at radius 2 is 1.78 bits per heavy atom. The van der Waals surface area contributed by atoms with Crippen LogP contribution in [-0.2, 0) is 6.61 Å². The number of nitriles is 1. The first kappa shape index (κ1) is 19.2. The van der Waals surface area contributed by atoms with Crippen LogP contribution < -0.4 is 10.1 Å². The lowest BCUT2D eigenvalue weighted by atomic mass is 9.94. The lowest BCUT2D eigenvalue weighted by molar-refractivity contribution is 0.293. The van der Waals surface area contributed by atoms with Crippen LogP contribution in [0.25, 0.3) is 10.8 Å². The summed E-state index contributed by atoms with van der Waals surface area (Å²) in [5.41, 5.74) is 2.87. The average Bonchev–Trinajstić information content (AvgIpc) is 2.73. The van der Waals surface area contributed by atoms with E-state index in [4.69, 9.17) is 9.72 Å². The van der Waals surface area contributed by atoms with Crippen LogP contribution in [0.2, 0.25) is 0 Å². The smallest absolute Gasteiger partial charge is 0.213 e. The van der Waals surface area contributed by atoms with Gasteiger partial charge in [0.2, 0.25) is 5.88 Å². The molecule has 1 saturated heterocycles. The van der Waals surface area contributed by atoms with Gasteiger partial charge in [0.25, 0.3) is 0 Å². The number of piperidine rings is 1. The number of benzene rings is 2. The summed E-state index contributed by atoms with van der Waals surface area (Å²) in [5, 5.41) is 14.7. The zero-order valence-electron chi connectivity index (χ0n) is 15.0. The Morgan fingerprint density at radius 3 is 2.56 bits per heavy atom. The fourth-order valence-corrected chi connectivity index (χ4v) is 3.59. The van der Waals surface area contributed by atoms with Gasteiger partial charge in [-0.05, 0) is 54.4 Å². The van der Waals surface area contributed by atoms with E-state index in [2.05, 4.69) is 17.5 Å². The summed E-state index contributed by atoms with van der Waals surface area (Å²) in [5.74, 6) is 1.17. The van der Waals surface area contributed by atoms with Crippen molar-refractivity contribution in [3.63, 3.8) is 0 Å². The number of aromatic nitrogens is 1. The Morgan fingerprint density at radius 1 is 1.00 bits per heavy atom. The zero-order valence-corrected chi connectivity index (χ0v) is 15.8. The number of nitrogens with one attached hydrogen (secondary N) is 1. The molecule has 2 heterocycles. The number of halogens is 1. The third kappa shape index (κ3) is 4.21. The fourth-order valence-electron chi connectivity index (χ4n) is 3.59. The van der Waals surface area contributed by atoms with Gasteiger partial charge in [-0.25, -0.2) is 4.98 Å². The van der Waals surface area contributed by atoms with Gasteiger partial charge in [0.15, 0.2) is 0 Å². The molecule has 0 unspecified atom stereocenters. The molecular formula is C22H22ClN3O. The highest BCUT2D eigenvalue weighted by molar-refractivity contribution is 5.90. The van der Waals surface area contributed by atoms with Crippen molar-refractivity contribution in [1.82, 2.24) is 10.3 Å². The second-order valence-corrected chi connectivity index (χ2v) is 6.64. The number of fused-ring (bicyclic) bond motifs is 1. The molecule has 138 valence electrons. The largest absolute Gasteiger partial charge is 0.473 e.